The van der Waals surface area contributed by atoms with Crippen LogP contribution in [0.2, 0.25) is 0 Å². The first kappa shape index (κ1) is 20.8. The second-order valence-corrected chi connectivity index (χ2v) is 8.69. The van der Waals surface area contributed by atoms with Crippen molar-refractivity contribution in [2.75, 3.05) is 13.6 Å². The maximum absolute atomic E-state index is 11.8. The van der Waals surface area contributed by atoms with E-state index in [9.17, 15) is 15.2 Å². The maximum atomic E-state index is 11.8. The van der Waals surface area contributed by atoms with Crippen molar-refractivity contribution in [2.24, 2.45) is 16.3 Å². The predicted molar refractivity (Wildman–Crippen MR) is 111 cm³/mol. The van der Waals surface area contributed by atoms with Crippen molar-refractivity contribution in [1.29, 1.82) is 5.26 Å². The lowest BCUT2D eigenvalue weighted by atomic mass is 9.81. The highest BCUT2D eigenvalue weighted by atomic mass is 16.3. The molecule has 1 amide bonds. The molecular weight excluding hydrogens is 380 g/mol. The number of amides is 1. The Balaban J connectivity index is 1.47. The van der Waals surface area contributed by atoms with Crippen LogP contribution in [0.5, 0.6) is 0 Å². The van der Waals surface area contributed by atoms with Crippen LogP contribution in [0, 0.1) is 17.2 Å². The van der Waals surface area contributed by atoms with Crippen LogP contribution < -0.4 is 10.6 Å². The minimum Gasteiger partial charge on any atom is -0.374 e. The lowest BCUT2D eigenvalue weighted by Gasteiger charge is -2.35. The van der Waals surface area contributed by atoms with E-state index in [-0.39, 0.29) is 18.0 Å². The molecule has 3 unspecified atom stereocenters. The van der Waals surface area contributed by atoms with Crippen molar-refractivity contribution < 1.29 is 9.90 Å². The van der Waals surface area contributed by atoms with Crippen LogP contribution in [-0.4, -0.2) is 47.2 Å². The third-order valence-electron chi connectivity index (χ3n) is 6.73. The van der Waals surface area contributed by atoms with Gasteiger partial charge in [0.15, 0.2) is 0 Å². The van der Waals surface area contributed by atoms with Crippen LogP contribution >= 0.6 is 0 Å². The SMILES string of the molecule is CNC(=O)c1ccc(C(O)NC(C2CCCCC2)C2CN(C3(C#N)CC3)N=N2)cc1. The topological polar surface area (TPSA) is 113 Å². The number of nitrogens with one attached hydrogen (secondary N) is 2. The summed E-state index contributed by atoms with van der Waals surface area (Å²) < 4.78 is 0. The largest absolute Gasteiger partial charge is 0.374 e. The molecule has 8 nitrogen and oxygen atoms in total. The van der Waals surface area contributed by atoms with Gasteiger partial charge >= 0.3 is 0 Å². The number of benzene rings is 1. The number of aliphatic hydroxyl groups is 1. The Hall–Kier alpha value is -2.50. The van der Waals surface area contributed by atoms with E-state index in [4.69, 9.17) is 0 Å². The molecule has 0 bridgehead atoms. The molecule has 1 aromatic carbocycles. The summed E-state index contributed by atoms with van der Waals surface area (Å²) in [6.07, 6.45) is 6.68. The minimum absolute atomic E-state index is 0.0119. The Bertz CT molecular complexity index is 823. The van der Waals surface area contributed by atoms with Gasteiger partial charge in [-0.25, -0.2) is 0 Å². The summed E-state index contributed by atoms with van der Waals surface area (Å²) >= 11 is 0. The Morgan fingerprint density at radius 2 is 1.97 bits per heavy atom. The first-order valence-corrected chi connectivity index (χ1v) is 10.9. The number of carbonyl (C=O) groups excluding carboxylic acids is 1. The van der Waals surface area contributed by atoms with E-state index in [1.54, 1.807) is 31.3 Å². The van der Waals surface area contributed by atoms with Gasteiger partial charge in [0.05, 0.1) is 12.6 Å². The van der Waals surface area contributed by atoms with Crippen LogP contribution in [-0.2, 0) is 0 Å². The lowest BCUT2D eigenvalue weighted by molar-refractivity contribution is 0.0902. The molecule has 0 aromatic heterocycles. The fraction of sp³-hybridized carbons (Fsp3) is 0.636. The second kappa shape index (κ2) is 8.70. The molecule has 0 saturated heterocycles. The fourth-order valence-electron chi connectivity index (χ4n) is 4.66. The molecule has 0 spiro atoms. The summed E-state index contributed by atoms with van der Waals surface area (Å²) in [6, 6.07) is 9.28. The van der Waals surface area contributed by atoms with Gasteiger partial charge < -0.3 is 10.4 Å². The highest BCUT2D eigenvalue weighted by Crippen LogP contribution is 2.43. The maximum Gasteiger partial charge on any atom is 0.251 e. The Morgan fingerprint density at radius 1 is 1.27 bits per heavy atom. The van der Waals surface area contributed by atoms with E-state index in [1.807, 2.05) is 5.01 Å². The van der Waals surface area contributed by atoms with Gasteiger partial charge in [-0.2, -0.15) is 10.4 Å². The Morgan fingerprint density at radius 3 is 2.57 bits per heavy atom. The van der Waals surface area contributed by atoms with Gasteiger partial charge in [-0.3, -0.25) is 15.1 Å². The molecule has 1 aromatic rings. The summed E-state index contributed by atoms with van der Waals surface area (Å²) in [5.41, 5.74) is 0.804. The van der Waals surface area contributed by atoms with Crippen molar-refractivity contribution in [3.8, 4) is 6.07 Å². The van der Waals surface area contributed by atoms with Crippen LogP contribution in [0.1, 0.15) is 67.1 Å². The average molecular weight is 411 g/mol. The molecule has 160 valence electrons. The number of nitriles is 1. The predicted octanol–water partition coefficient (Wildman–Crippen LogP) is 2.68. The van der Waals surface area contributed by atoms with Gasteiger partial charge in [0.1, 0.15) is 17.8 Å². The number of hydrogen-bond donors (Lipinski definition) is 3. The summed E-state index contributed by atoms with van der Waals surface area (Å²) in [6.45, 7) is 0.615. The average Bonchev–Trinajstić information content (AvgIpc) is 3.45. The monoisotopic (exact) mass is 410 g/mol. The summed E-state index contributed by atoms with van der Waals surface area (Å²) in [5, 5.41) is 37.1. The summed E-state index contributed by atoms with van der Waals surface area (Å²) in [4.78, 5) is 11.8. The van der Waals surface area contributed by atoms with E-state index in [0.717, 1.165) is 25.7 Å². The standard InChI is InChI=1S/C22H30N6O2/c1-24-20(29)16-7-9-17(10-8-16)21(30)25-19(15-5-3-2-4-6-15)18-13-28(27-26-18)22(14-23)11-12-22/h7-10,15,18-19,21,25,30H,2-6,11-13H2,1H3,(H,24,29). The minimum atomic E-state index is -0.856. The number of rotatable bonds is 7. The van der Waals surface area contributed by atoms with Crippen molar-refractivity contribution in [2.45, 2.75) is 68.8 Å². The molecule has 3 atom stereocenters. The Kier molecular flexibility index (Phi) is 6.02. The number of carbonyl (C=O) groups is 1. The van der Waals surface area contributed by atoms with Crippen LogP contribution in [0.4, 0.5) is 0 Å². The molecule has 4 rings (SSSR count). The fourth-order valence-corrected chi connectivity index (χ4v) is 4.66. The van der Waals surface area contributed by atoms with Gasteiger partial charge in [0.2, 0.25) is 0 Å². The summed E-state index contributed by atoms with van der Waals surface area (Å²) in [5.74, 6) is 0.265. The smallest absolute Gasteiger partial charge is 0.251 e. The van der Waals surface area contributed by atoms with E-state index in [2.05, 4.69) is 27.0 Å². The molecule has 1 aliphatic heterocycles. The first-order valence-electron chi connectivity index (χ1n) is 10.9. The molecule has 0 radical (unpaired) electrons. The zero-order chi connectivity index (χ0) is 21.1. The van der Waals surface area contributed by atoms with Crippen molar-refractivity contribution in [3.63, 3.8) is 0 Å². The zero-order valence-corrected chi connectivity index (χ0v) is 17.4. The number of hydrogen-bond acceptors (Lipinski definition) is 7. The molecular formula is C22H30N6O2. The van der Waals surface area contributed by atoms with Crippen molar-refractivity contribution >= 4 is 5.91 Å². The first-order chi connectivity index (χ1) is 14.6. The lowest BCUT2D eigenvalue weighted by Crippen LogP contribution is -2.49. The third kappa shape index (κ3) is 4.18. The van der Waals surface area contributed by atoms with E-state index >= 15 is 0 Å². The molecule has 2 saturated carbocycles. The normalized spacial score (nSPS) is 24.8. The molecule has 2 aliphatic carbocycles. The number of nitrogens with zero attached hydrogens (tertiary/aromatic N) is 4. The van der Waals surface area contributed by atoms with Crippen LogP contribution in [0.25, 0.3) is 0 Å². The van der Waals surface area contributed by atoms with Crippen LogP contribution in [0.3, 0.4) is 0 Å². The zero-order valence-electron chi connectivity index (χ0n) is 17.4. The van der Waals surface area contributed by atoms with Gasteiger partial charge in [0, 0.05) is 18.7 Å². The Labute approximate surface area is 177 Å². The molecule has 3 N–H and O–H groups in total. The van der Waals surface area contributed by atoms with E-state index < -0.39 is 11.8 Å². The number of aliphatic hydroxyl groups excluding tert-OH is 1. The summed E-state index contributed by atoms with van der Waals surface area (Å²) in [7, 11) is 1.60. The molecule has 1 heterocycles. The van der Waals surface area contributed by atoms with Crippen LogP contribution in [0.15, 0.2) is 34.6 Å². The molecule has 2 fully saturated rings. The highest BCUT2D eigenvalue weighted by molar-refractivity contribution is 5.93. The van der Waals surface area contributed by atoms with E-state index in [1.165, 1.54) is 19.3 Å². The van der Waals surface area contributed by atoms with E-state index in [0.29, 0.717) is 23.6 Å². The second-order valence-electron chi connectivity index (χ2n) is 8.69. The highest BCUT2D eigenvalue weighted by Gasteiger charge is 2.52. The molecule has 8 heteroatoms. The van der Waals surface area contributed by atoms with Gasteiger partial charge in [-0.15, -0.1) is 0 Å². The van der Waals surface area contributed by atoms with Gasteiger partial charge in [-0.1, -0.05) is 36.6 Å². The molecule has 30 heavy (non-hydrogen) atoms. The third-order valence-corrected chi connectivity index (χ3v) is 6.73. The van der Waals surface area contributed by atoms with Crippen molar-refractivity contribution in [3.05, 3.63) is 35.4 Å². The molecule has 3 aliphatic rings. The van der Waals surface area contributed by atoms with Gasteiger partial charge in [-0.05, 0) is 49.3 Å². The van der Waals surface area contributed by atoms with Crippen molar-refractivity contribution in [1.82, 2.24) is 15.6 Å². The quantitative estimate of drug-likeness (QED) is 0.598. The van der Waals surface area contributed by atoms with Gasteiger partial charge in [0.25, 0.3) is 5.91 Å².